The molecule has 3 N–H and O–H groups in total. The van der Waals surface area contributed by atoms with Crippen molar-refractivity contribution < 1.29 is 4.79 Å². The highest BCUT2D eigenvalue weighted by Gasteiger charge is 2.14. The Morgan fingerprint density at radius 3 is 2.67 bits per heavy atom. The van der Waals surface area contributed by atoms with Crippen molar-refractivity contribution in [2.75, 3.05) is 6.54 Å². The molecule has 1 amide bonds. The lowest BCUT2D eigenvalue weighted by Gasteiger charge is -2.19. The highest BCUT2D eigenvalue weighted by Crippen LogP contribution is 2.14. The Labute approximate surface area is 130 Å². The van der Waals surface area contributed by atoms with Gasteiger partial charge in [-0.3, -0.25) is 4.79 Å². The molecule has 0 aliphatic carbocycles. The topological polar surface area (TPSA) is 85.8 Å². The number of carbonyl (C=O) groups excluding carboxylic acids is 1. The van der Waals surface area contributed by atoms with Crippen LogP contribution in [0.3, 0.4) is 0 Å². The fourth-order valence-corrected chi connectivity index (χ4v) is 1.80. The molecule has 0 bridgehead atoms. The molecule has 0 spiro atoms. The van der Waals surface area contributed by atoms with Crippen LogP contribution in [0.15, 0.2) is 30.9 Å². The Hall–Kier alpha value is -1.92. The third-order valence-corrected chi connectivity index (χ3v) is 2.83. The summed E-state index contributed by atoms with van der Waals surface area (Å²) in [6.45, 7) is 6.09. The Balaban J connectivity index is 0.00000220. The van der Waals surface area contributed by atoms with E-state index in [9.17, 15) is 4.79 Å². The zero-order chi connectivity index (χ0) is 14.8. The normalized spacial score (nSPS) is 10.9. The molecule has 1 aromatic carbocycles. The van der Waals surface area contributed by atoms with Crippen molar-refractivity contribution in [1.82, 2.24) is 20.1 Å². The Bertz CT molecular complexity index is 604. The molecule has 0 atom stereocenters. The number of amides is 1. The summed E-state index contributed by atoms with van der Waals surface area (Å²) in [7, 11) is 0. The Morgan fingerprint density at radius 1 is 1.43 bits per heavy atom. The highest BCUT2D eigenvalue weighted by atomic mass is 35.5. The van der Waals surface area contributed by atoms with Gasteiger partial charge in [-0.1, -0.05) is 0 Å². The van der Waals surface area contributed by atoms with Crippen LogP contribution in [0.2, 0.25) is 0 Å². The SMILES string of the molecule is Cc1cc(C(=O)NCC(C)(C)N)ccc1-n1cncn1.Cl. The molecule has 2 aromatic rings. The van der Waals surface area contributed by atoms with Crippen LogP contribution in [0.5, 0.6) is 0 Å². The van der Waals surface area contributed by atoms with Gasteiger partial charge < -0.3 is 11.1 Å². The summed E-state index contributed by atoms with van der Waals surface area (Å²) in [5.41, 5.74) is 7.88. The van der Waals surface area contributed by atoms with Crippen molar-refractivity contribution in [2.45, 2.75) is 26.3 Å². The summed E-state index contributed by atoms with van der Waals surface area (Å²) >= 11 is 0. The molecule has 0 unspecified atom stereocenters. The van der Waals surface area contributed by atoms with Crippen LogP contribution in [0.1, 0.15) is 29.8 Å². The van der Waals surface area contributed by atoms with Crippen molar-refractivity contribution in [3.63, 3.8) is 0 Å². The summed E-state index contributed by atoms with van der Waals surface area (Å²) in [4.78, 5) is 16.0. The minimum Gasteiger partial charge on any atom is -0.350 e. The lowest BCUT2D eigenvalue weighted by Crippen LogP contribution is -2.45. The van der Waals surface area contributed by atoms with Crippen molar-refractivity contribution in [3.05, 3.63) is 42.0 Å². The molecule has 0 fully saturated rings. The van der Waals surface area contributed by atoms with E-state index in [4.69, 9.17) is 5.73 Å². The van der Waals surface area contributed by atoms with Gasteiger partial charge in [0, 0.05) is 17.6 Å². The average molecular weight is 310 g/mol. The average Bonchev–Trinajstić information content (AvgIpc) is 2.88. The van der Waals surface area contributed by atoms with E-state index in [2.05, 4.69) is 15.4 Å². The minimum atomic E-state index is -0.425. The highest BCUT2D eigenvalue weighted by molar-refractivity contribution is 5.94. The molecule has 7 heteroatoms. The van der Waals surface area contributed by atoms with Gasteiger partial charge in [0.2, 0.25) is 0 Å². The van der Waals surface area contributed by atoms with Crippen LogP contribution < -0.4 is 11.1 Å². The quantitative estimate of drug-likeness (QED) is 0.895. The van der Waals surface area contributed by atoms with Gasteiger partial charge in [0.05, 0.1) is 5.69 Å². The maximum absolute atomic E-state index is 12.0. The van der Waals surface area contributed by atoms with Gasteiger partial charge in [-0.05, 0) is 44.5 Å². The number of hydrogen-bond acceptors (Lipinski definition) is 4. The zero-order valence-corrected chi connectivity index (χ0v) is 13.1. The van der Waals surface area contributed by atoms with E-state index in [1.165, 1.54) is 6.33 Å². The molecular weight excluding hydrogens is 290 g/mol. The number of nitrogens with zero attached hydrogens (tertiary/aromatic N) is 3. The minimum absolute atomic E-state index is 0. The third-order valence-electron chi connectivity index (χ3n) is 2.83. The molecular formula is C14H20ClN5O. The standard InChI is InChI=1S/C14H19N5O.ClH/c1-10-6-11(13(20)17-7-14(2,3)15)4-5-12(10)19-9-16-8-18-19;/h4-6,8-9H,7,15H2,1-3H3,(H,17,20);1H. The van der Waals surface area contributed by atoms with Gasteiger partial charge in [0.1, 0.15) is 12.7 Å². The van der Waals surface area contributed by atoms with Crippen molar-refractivity contribution >= 4 is 18.3 Å². The Morgan fingerprint density at radius 2 is 2.14 bits per heavy atom. The second kappa shape index (κ2) is 6.69. The maximum Gasteiger partial charge on any atom is 0.251 e. The number of aromatic nitrogens is 3. The zero-order valence-electron chi connectivity index (χ0n) is 12.3. The molecule has 2 rings (SSSR count). The molecule has 6 nitrogen and oxygen atoms in total. The van der Waals surface area contributed by atoms with Crippen LogP contribution in [0.4, 0.5) is 0 Å². The van der Waals surface area contributed by atoms with Crippen LogP contribution >= 0.6 is 12.4 Å². The fraction of sp³-hybridized carbons (Fsp3) is 0.357. The number of rotatable bonds is 4. The fourth-order valence-electron chi connectivity index (χ4n) is 1.80. The van der Waals surface area contributed by atoms with Crippen LogP contribution in [0.25, 0.3) is 5.69 Å². The van der Waals surface area contributed by atoms with Gasteiger partial charge >= 0.3 is 0 Å². The van der Waals surface area contributed by atoms with E-state index >= 15 is 0 Å². The molecule has 0 aliphatic heterocycles. The first-order valence-corrected chi connectivity index (χ1v) is 6.39. The molecule has 0 saturated heterocycles. The van der Waals surface area contributed by atoms with Crippen molar-refractivity contribution in [1.29, 1.82) is 0 Å². The largest absolute Gasteiger partial charge is 0.350 e. The lowest BCUT2D eigenvalue weighted by molar-refractivity contribution is 0.0946. The molecule has 1 heterocycles. The van der Waals surface area contributed by atoms with Gasteiger partial charge in [-0.2, -0.15) is 5.10 Å². The van der Waals surface area contributed by atoms with Gasteiger partial charge in [0.25, 0.3) is 5.91 Å². The number of halogens is 1. The first kappa shape index (κ1) is 17.1. The summed E-state index contributed by atoms with van der Waals surface area (Å²) in [5, 5.41) is 6.90. The predicted molar refractivity (Wildman–Crippen MR) is 83.9 cm³/mol. The first-order chi connectivity index (χ1) is 9.37. The van der Waals surface area contributed by atoms with Crippen LogP contribution in [0, 0.1) is 6.92 Å². The van der Waals surface area contributed by atoms with Crippen molar-refractivity contribution in [2.24, 2.45) is 5.73 Å². The van der Waals surface area contributed by atoms with E-state index in [0.29, 0.717) is 12.1 Å². The van der Waals surface area contributed by atoms with E-state index < -0.39 is 5.54 Å². The summed E-state index contributed by atoms with van der Waals surface area (Å²) in [5.74, 6) is -0.128. The van der Waals surface area contributed by atoms with Crippen LogP contribution in [-0.4, -0.2) is 32.8 Å². The molecule has 114 valence electrons. The lowest BCUT2D eigenvalue weighted by atomic mass is 10.1. The first-order valence-electron chi connectivity index (χ1n) is 6.39. The molecule has 0 saturated carbocycles. The number of benzene rings is 1. The van der Waals surface area contributed by atoms with Gasteiger partial charge in [-0.15, -0.1) is 12.4 Å². The number of nitrogens with one attached hydrogen (secondary N) is 1. The second-order valence-corrected chi connectivity index (χ2v) is 5.51. The number of hydrogen-bond donors (Lipinski definition) is 2. The third kappa shape index (κ3) is 4.54. The van der Waals surface area contributed by atoms with E-state index in [1.54, 1.807) is 17.1 Å². The summed E-state index contributed by atoms with van der Waals surface area (Å²) < 4.78 is 1.67. The van der Waals surface area contributed by atoms with E-state index in [1.807, 2.05) is 32.9 Å². The second-order valence-electron chi connectivity index (χ2n) is 5.51. The molecule has 1 aromatic heterocycles. The van der Waals surface area contributed by atoms with E-state index in [0.717, 1.165) is 11.3 Å². The van der Waals surface area contributed by atoms with Gasteiger partial charge in [-0.25, -0.2) is 9.67 Å². The number of aryl methyl sites for hydroxylation is 1. The molecule has 21 heavy (non-hydrogen) atoms. The molecule has 0 aliphatic rings. The monoisotopic (exact) mass is 309 g/mol. The summed E-state index contributed by atoms with van der Waals surface area (Å²) in [6.07, 6.45) is 3.10. The maximum atomic E-state index is 12.0. The molecule has 0 radical (unpaired) electrons. The van der Waals surface area contributed by atoms with Crippen LogP contribution in [-0.2, 0) is 0 Å². The van der Waals surface area contributed by atoms with Gasteiger partial charge in [0.15, 0.2) is 0 Å². The van der Waals surface area contributed by atoms with Crippen molar-refractivity contribution in [3.8, 4) is 5.69 Å². The number of nitrogens with two attached hydrogens (primary N) is 1. The Kier molecular flexibility index (Phi) is 5.46. The smallest absolute Gasteiger partial charge is 0.251 e. The number of carbonyl (C=O) groups is 1. The summed E-state index contributed by atoms with van der Waals surface area (Å²) in [6, 6.07) is 5.45. The van der Waals surface area contributed by atoms with E-state index in [-0.39, 0.29) is 18.3 Å². The predicted octanol–water partition coefficient (Wildman–Crippen LogP) is 1.46.